The molecule has 7 nitrogen and oxygen atoms in total. The first-order valence-corrected chi connectivity index (χ1v) is 13.4. The molecular formula is C28H34FNO6S. The highest BCUT2D eigenvalue weighted by Crippen LogP contribution is 2.32. The lowest BCUT2D eigenvalue weighted by molar-refractivity contribution is -0.133. The Balaban J connectivity index is 1.85. The predicted octanol–water partition coefficient (Wildman–Crippen LogP) is 6.19. The number of furan rings is 1. The summed E-state index contributed by atoms with van der Waals surface area (Å²) in [5.74, 6) is 0.401. The lowest BCUT2D eigenvalue weighted by atomic mass is 9.84. The van der Waals surface area contributed by atoms with E-state index in [1.165, 1.54) is 13.2 Å². The summed E-state index contributed by atoms with van der Waals surface area (Å²) in [4.78, 5) is 14.8. The first-order chi connectivity index (χ1) is 17.4. The Morgan fingerprint density at radius 2 is 1.76 bits per heavy atom. The number of ether oxygens (including phenoxy) is 1. The van der Waals surface area contributed by atoms with Crippen LogP contribution in [0.25, 0.3) is 0 Å². The molecule has 0 N–H and O–H groups in total. The summed E-state index contributed by atoms with van der Waals surface area (Å²) in [7, 11) is -2.84. The van der Waals surface area contributed by atoms with Gasteiger partial charge in [-0.1, -0.05) is 33.8 Å². The number of methoxy groups -OCH3 is 1. The van der Waals surface area contributed by atoms with Crippen LogP contribution in [-0.4, -0.2) is 26.3 Å². The Morgan fingerprint density at radius 1 is 1.05 bits per heavy atom. The molecule has 0 radical (unpaired) electrons. The average molecular weight is 532 g/mol. The third-order valence-corrected chi connectivity index (χ3v) is 6.92. The van der Waals surface area contributed by atoms with E-state index in [1.807, 2.05) is 0 Å². The Kier molecular flexibility index (Phi) is 9.02. The molecule has 0 fully saturated rings. The van der Waals surface area contributed by atoms with Crippen LogP contribution in [0.15, 0.2) is 70.2 Å². The van der Waals surface area contributed by atoms with E-state index in [0.29, 0.717) is 17.7 Å². The number of amides is 1. The second kappa shape index (κ2) is 11.8. The van der Waals surface area contributed by atoms with Gasteiger partial charge in [-0.15, -0.1) is 0 Å². The van der Waals surface area contributed by atoms with Crippen LogP contribution in [0, 0.1) is 17.2 Å². The molecule has 0 saturated heterocycles. The summed E-state index contributed by atoms with van der Waals surface area (Å²) in [5, 5.41) is 0. The van der Waals surface area contributed by atoms with Gasteiger partial charge in [0.15, 0.2) is 11.5 Å². The minimum Gasteiger partial charge on any atom is -0.493 e. The first-order valence-electron chi connectivity index (χ1n) is 12.0. The molecule has 37 heavy (non-hydrogen) atoms. The maximum absolute atomic E-state index is 13.3. The Morgan fingerprint density at radius 3 is 2.35 bits per heavy atom. The number of benzene rings is 2. The fourth-order valence-corrected chi connectivity index (χ4v) is 5.17. The van der Waals surface area contributed by atoms with Crippen molar-refractivity contribution in [1.82, 2.24) is 4.90 Å². The molecule has 3 rings (SSSR count). The average Bonchev–Trinajstić information content (AvgIpc) is 3.31. The van der Waals surface area contributed by atoms with Gasteiger partial charge in [-0.25, -0.2) is 4.39 Å². The second-order valence-corrected chi connectivity index (χ2v) is 11.9. The van der Waals surface area contributed by atoms with E-state index in [9.17, 15) is 17.6 Å². The molecule has 1 aromatic heterocycles. The van der Waals surface area contributed by atoms with Crippen molar-refractivity contribution in [1.29, 1.82) is 0 Å². The van der Waals surface area contributed by atoms with Crippen molar-refractivity contribution < 1.29 is 30.9 Å². The molecule has 9 heteroatoms. The third kappa shape index (κ3) is 8.35. The number of carbonyl (C=O) groups is 1. The molecular weight excluding hydrogens is 497 g/mol. The molecule has 0 spiro atoms. The standard InChI is InChI=1S/C28H34FNO6S/c1-20(17-28(2,3)4)15-27(31)30(19-23-7-6-14-35-23)18-21-8-13-25(34-5)26(16-21)36-37(32,33)24-11-9-22(29)10-12-24/h6-14,16,20H,15,17-19H2,1-5H3. The van der Waals surface area contributed by atoms with Crippen molar-refractivity contribution in [2.45, 2.75) is 58.5 Å². The highest BCUT2D eigenvalue weighted by atomic mass is 32.2. The van der Waals surface area contributed by atoms with Crippen LogP contribution in [-0.2, 0) is 28.0 Å². The van der Waals surface area contributed by atoms with Crippen LogP contribution in [0.1, 0.15) is 51.9 Å². The molecule has 1 atom stereocenters. The van der Waals surface area contributed by atoms with Crippen molar-refractivity contribution in [3.8, 4) is 11.5 Å². The van der Waals surface area contributed by atoms with E-state index >= 15 is 0 Å². The molecule has 0 bridgehead atoms. The summed E-state index contributed by atoms with van der Waals surface area (Å²) in [6.07, 6.45) is 2.82. The SMILES string of the molecule is COc1ccc(CN(Cc2ccco2)C(=O)CC(C)CC(C)(C)C)cc1OS(=O)(=O)c1ccc(F)cc1. The van der Waals surface area contributed by atoms with Crippen molar-refractivity contribution in [2.75, 3.05) is 7.11 Å². The highest BCUT2D eigenvalue weighted by molar-refractivity contribution is 7.87. The van der Waals surface area contributed by atoms with Crippen molar-refractivity contribution in [3.63, 3.8) is 0 Å². The molecule has 1 heterocycles. The molecule has 2 aromatic carbocycles. The zero-order valence-electron chi connectivity index (χ0n) is 21.9. The fraction of sp³-hybridized carbons (Fsp3) is 0.393. The summed E-state index contributed by atoms with van der Waals surface area (Å²) in [6, 6.07) is 12.8. The van der Waals surface area contributed by atoms with Gasteiger partial charge >= 0.3 is 10.1 Å². The van der Waals surface area contributed by atoms with Gasteiger partial charge in [0.25, 0.3) is 0 Å². The molecule has 0 aliphatic carbocycles. The quantitative estimate of drug-likeness (QED) is 0.275. The van der Waals surface area contributed by atoms with Gasteiger partial charge in [-0.3, -0.25) is 4.79 Å². The molecule has 0 aliphatic heterocycles. The van der Waals surface area contributed by atoms with E-state index in [4.69, 9.17) is 13.3 Å². The van der Waals surface area contributed by atoms with Crippen LogP contribution in [0.2, 0.25) is 0 Å². The van der Waals surface area contributed by atoms with Gasteiger partial charge in [-0.2, -0.15) is 8.42 Å². The second-order valence-electron chi connectivity index (χ2n) is 10.4. The number of rotatable bonds is 11. The summed E-state index contributed by atoms with van der Waals surface area (Å²) < 4.78 is 55.0. The molecule has 1 amide bonds. The molecule has 0 aliphatic rings. The maximum Gasteiger partial charge on any atom is 0.339 e. The molecule has 0 saturated carbocycles. The Labute approximate surface area is 218 Å². The fourth-order valence-electron chi connectivity index (χ4n) is 4.24. The predicted molar refractivity (Wildman–Crippen MR) is 138 cm³/mol. The molecule has 3 aromatic rings. The van der Waals surface area contributed by atoms with E-state index in [0.717, 1.165) is 30.7 Å². The summed E-state index contributed by atoms with van der Waals surface area (Å²) >= 11 is 0. The maximum atomic E-state index is 13.3. The Hall–Kier alpha value is -3.33. The van der Waals surface area contributed by atoms with Gasteiger partial charge in [-0.05, 0) is 71.8 Å². The third-order valence-electron chi connectivity index (χ3n) is 5.67. The van der Waals surface area contributed by atoms with Crippen LogP contribution in [0.4, 0.5) is 4.39 Å². The van der Waals surface area contributed by atoms with Gasteiger partial charge in [0.1, 0.15) is 16.5 Å². The number of nitrogens with zero attached hydrogens (tertiary/aromatic N) is 1. The monoisotopic (exact) mass is 531 g/mol. The normalized spacial score (nSPS) is 12.7. The first kappa shape index (κ1) is 28.2. The number of halogens is 1. The smallest absolute Gasteiger partial charge is 0.339 e. The summed E-state index contributed by atoms with van der Waals surface area (Å²) in [6.45, 7) is 8.98. The minimum absolute atomic E-state index is 0.0316. The van der Waals surface area contributed by atoms with E-state index < -0.39 is 15.9 Å². The molecule has 200 valence electrons. The van der Waals surface area contributed by atoms with E-state index in [2.05, 4.69) is 27.7 Å². The largest absolute Gasteiger partial charge is 0.493 e. The van der Waals surface area contributed by atoms with Crippen molar-refractivity contribution in [2.24, 2.45) is 11.3 Å². The van der Waals surface area contributed by atoms with Gasteiger partial charge in [0, 0.05) is 13.0 Å². The van der Waals surface area contributed by atoms with Crippen LogP contribution < -0.4 is 8.92 Å². The van der Waals surface area contributed by atoms with Gasteiger partial charge < -0.3 is 18.2 Å². The van der Waals surface area contributed by atoms with Gasteiger partial charge in [0.05, 0.1) is 19.9 Å². The van der Waals surface area contributed by atoms with Crippen LogP contribution >= 0.6 is 0 Å². The zero-order valence-corrected chi connectivity index (χ0v) is 22.7. The van der Waals surface area contributed by atoms with E-state index in [-0.39, 0.29) is 46.7 Å². The highest BCUT2D eigenvalue weighted by Gasteiger charge is 2.24. The van der Waals surface area contributed by atoms with Crippen molar-refractivity contribution in [3.05, 3.63) is 78.0 Å². The minimum atomic E-state index is -4.24. The number of carbonyl (C=O) groups excluding carboxylic acids is 1. The lowest BCUT2D eigenvalue weighted by Crippen LogP contribution is -2.31. The van der Waals surface area contributed by atoms with Gasteiger partial charge in [0.2, 0.25) is 5.91 Å². The van der Waals surface area contributed by atoms with Crippen LogP contribution in [0.5, 0.6) is 11.5 Å². The Bertz CT molecular complexity index is 1280. The molecule has 1 unspecified atom stereocenters. The number of hydrogen-bond acceptors (Lipinski definition) is 6. The van der Waals surface area contributed by atoms with Crippen LogP contribution in [0.3, 0.4) is 0 Å². The van der Waals surface area contributed by atoms with E-state index in [1.54, 1.807) is 35.4 Å². The zero-order chi connectivity index (χ0) is 27.2. The topological polar surface area (TPSA) is 86.0 Å². The number of hydrogen-bond donors (Lipinski definition) is 0. The van der Waals surface area contributed by atoms with Crippen molar-refractivity contribution >= 4 is 16.0 Å². The lowest BCUT2D eigenvalue weighted by Gasteiger charge is -2.27. The summed E-state index contributed by atoms with van der Waals surface area (Å²) in [5.41, 5.74) is 0.748.